The zero-order chi connectivity index (χ0) is 36.0. The molecular formula is C48H66N2O2+2. The van der Waals surface area contributed by atoms with Crippen molar-refractivity contribution in [2.24, 2.45) is 11.8 Å². The van der Waals surface area contributed by atoms with Crippen LogP contribution in [0.15, 0.2) is 104 Å². The quantitative estimate of drug-likeness (QED) is 0.0352. The first-order chi connectivity index (χ1) is 25.6. The van der Waals surface area contributed by atoms with Crippen LogP contribution in [0.25, 0.3) is 10.9 Å². The van der Waals surface area contributed by atoms with Crippen molar-refractivity contribution in [2.75, 3.05) is 26.8 Å². The summed E-state index contributed by atoms with van der Waals surface area (Å²) < 4.78 is 16.6. The van der Waals surface area contributed by atoms with Gasteiger partial charge in [0.25, 0.3) is 0 Å². The third-order valence-electron chi connectivity index (χ3n) is 12.4. The van der Waals surface area contributed by atoms with E-state index in [4.69, 9.17) is 9.47 Å². The molecule has 4 aromatic rings. The monoisotopic (exact) mass is 703 g/mol. The Labute approximate surface area is 315 Å². The van der Waals surface area contributed by atoms with Gasteiger partial charge in [0.05, 0.1) is 25.6 Å². The van der Waals surface area contributed by atoms with Crippen LogP contribution in [0.3, 0.4) is 0 Å². The first-order valence-corrected chi connectivity index (χ1v) is 20.8. The molecule has 0 spiro atoms. The average molecular weight is 703 g/mol. The van der Waals surface area contributed by atoms with E-state index in [-0.39, 0.29) is 6.10 Å². The minimum atomic E-state index is 0.00553. The third-order valence-corrected chi connectivity index (χ3v) is 12.4. The molecule has 7 rings (SSSR count). The Morgan fingerprint density at radius 3 is 2.12 bits per heavy atom. The molecule has 0 amide bonds. The van der Waals surface area contributed by atoms with Crippen molar-refractivity contribution in [1.82, 2.24) is 0 Å². The fourth-order valence-electron chi connectivity index (χ4n) is 9.50. The number of piperidine rings is 3. The lowest BCUT2D eigenvalue weighted by Crippen LogP contribution is -2.67. The molecule has 0 radical (unpaired) electrons. The maximum atomic E-state index is 7.29. The van der Waals surface area contributed by atoms with Gasteiger partial charge in [-0.2, -0.15) is 4.57 Å². The number of nitrogens with zero attached hydrogens (tertiary/aromatic N) is 2. The Bertz CT molecular complexity index is 1660. The van der Waals surface area contributed by atoms with Gasteiger partial charge in [0.1, 0.15) is 24.4 Å². The van der Waals surface area contributed by atoms with Crippen molar-refractivity contribution in [1.29, 1.82) is 0 Å². The van der Waals surface area contributed by atoms with Gasteiger partial charge < -0.3 is 14.0 Å². The average Bonchev–Trinajstić information content (AvgIpc) is 3.19. The Morgan fingerprint density at radius 1 is 0.808 bits per heavy atom. The highest BCUT2D eigenvalue weighted by molar-refractivity contribution is 5.81. The second kappa shape index (κ2) is 19.6. The minimum absolute atomic E-state index is 0.00553. The first-order valence-electron chi connectivity index (χ1n) is 20.8. The number of aromatic nitrogens is 1. The number of hydrogen-bond donors (Lipinski definition) is 0. The molecule has 0 aliphatic carbocycles. The van der Waals surface area contributed by atoms with Crippen molar-refractivity contribution in [3.8, 4) is 5.75 Å². The van der Waals surface area contributed by atoms with E-state index in [9.17, 15) is 0 Å². The van der Waals surface area contributed by atoms with Crippen molar-refractivity contribution in [2.45, 2.75) is 122 Å². The summed E-state index contributed by atoms with van der Waals surface area (Å²) >= 11 is 0. The highest BCUT2D eigenvalue weighted by atomic mass is 16.5. The van der Waals surface area contributed by atoms with Crippen molar-refractivity contribution >= 4 is 10.9 Å². The molecule has 3 aliphatic rings. The lowest BCUT2D eigenvalue weighted by Gasteiger charge is -2.58. The Morgan fingerprint density at radius 2 is 1.46 bits per heavy atom. The SMILES string of the molecule is C=CC1C[N@+]2(Cc3ccccc3)CC[C@H]1C[C@@H]2[C@H](OCCCCCCCCCCCCCC)c1cc[n+](Cc2ccccc2)c2ccc(OC)cc12. The molecular weight excluding hydrogens is 637 g/mol. The van der Waals surface area contributed by atoms with Crippen molar-refractivity contribution < 1.29 is 18.5 Å². The van der Waals surface area contributed by atoms with Gasteiger partial charge in [-0.15, -0.1) is 6.58 Å². The molecule has 3 saturated heterocycles. The Hall–Kier alpha value is -3.47. The normalized spacial score (nSPS) is 21.7. The number of hydrogen-bond acceptors (Lipinski definition) is 2. The number of unbranched alkanes of at least 4 members (excludes halogenated alkanes) is 11. The van der Waals surface area contributed by atoms with Gasteiger partial charge in [-0.05, 0) is 24.5 Å². The summed E-state index contributed by atoms with van der Waals surface area (Å²) in [6.45, 7) is 11.7. The zero-order valence-corrected chi connectivity index (χ0v) is 32.4. The molecule has 4 heteroatoms. The van der Waals surface area contributed by atoms with E-state index in [1.165, 1.54) is 118 Å². The number of benzene rings is 3. The van der Waals surface area contributed by atoms with Gasteiger partial charge >= 0.3 is 0 Å². The van der Waals surface area contributed by atoms with Gasteiger partial charge in [0.15, 0.2) is 12.7 Å². The van der Waals surface area contributed by atoms with Gasteiger partial charge in [0, 0.05) is 54.2 Å². The number of ether oxygens (including phenoxy) is 2. The summed E-state index contributed by atoms with van der Waals surface area (Å²) in [4.78, 5) is 0. The molecule has 0 N–H and O–H groups in total. The lowest BCUT2D eigenvalue weighted by atomic mass is 9.71. The molecule has 3 fully saturated rings. The molecule has 52 heavy (non-hydrogen) atoms. The van der Waals surface area contributed by atoms with Crippen LogP contribution in [0.4, 0.5) is 0 Å². The zero-order valence-electron chi connectivity index (χ0n) is 32.4. The van der Waals surface area contributed by atoms with Crippen LogP contribution in [0.2, 0.25) is 0 Å². The van der Waals surface area contributed by atoms with Gasteiger partial charge in [-0.1, -0.05) is 144 Å². The maximum Gasteiger partial charge on any atom is 0.213 e. The summed E-state index contributed by atoms with van der Waals surface area (Å²) in [6, 6.07) is 31.4. The smallest absolute Gasteiger partial charge is 0.213 e. The van der Waals surface area contributed by atoms with Gasteiger partial charge in [-0.25, -0.2) is 0 Å². The fourth-order valence-corrected chi connectivity index (χ4v) is 9.50. The summed E-state index contributed by atoms with van der Waals surface area (Å²) in [5, 5.41) is 1.25. The van der Waals surface area contributed by atoms with Crippen LogP contribution in [0.1, 0.15) is 120 Å². The minimum Gasteiger partial charge on any atom is -0.497 e. The maximum absolute atomic E-state index is 7.29. The van der Waals surface area contributed by atoms with E-state index in [2.05, 4.69) is 115 Å². The van der Waals surface area contributed by atoms with Crippen LogP contribution < -0.4 is 9.30 Å². The van der Waals surface area contributed by atoms with Crippen LogP contribution in [-0.4, -0.2) is 37.3 Å². The first kappa shape index (κ1) is 38.3. The molecule has 5 atom stereocenters. The van der Waals surface area contributed by atoms with E-state index in [1.54, 1.807) is 7.11 Å². The fraction of sp³-hybridized carbons (Fsp3) is 0.521. The molecule has 278 valence electrons. The summed E-state index contributed by atoms with van der Waals surface area (Å²) in [5.41, 5.74) is 5.28. The van der Waals surface area contributed by atoms with E-state index in [1.807, 2.05) is 0 Å². The number of methoxy groups -OCH3 is 1. The largest absolute Gasteiger partial charge is 0.497 e. The molecule has 1 unspecified atom stereocenters. The Balaban J connectivity index is 1.24. The van der Waals surface area contributed by atoms with Crippen molar-refractivity contribution in [3.63, 3.8) is 0 Å². The highest BCUT2D eigenvalue weighted by Crippen LogP contribution is 2.49. The van der Waals surface area contributed by atoms with Crippen LogP contribution in [-0.2, 0) is 17.8 Å². The number of pyridine rings is 1. The van der Waals surface area contributed by atoms with Gasteiger partial charge in [0.2, 0.25) is 5.52 Å². The van der Waals surface area contributed by atoms with Crippen LogP contribution in [0.5, 0.6) is 5.75 Å². The van der Waals surface area contributed by atoms with E-state index >= 15 is 0 Å². The second-order valence-corrected chi connectivity index (χ2v) is 16.0. The molecule has 2 bridgehead atoms. The third kappa shape index (κ3) is 9.74. The number of quaternary nitrogens is 1. The summed E-state index contributed by atoms with van der Waals surface area (Å²) in [7, 11) is 1.78. The van der Waals surface area contributed by atoms with E-state index in [0.717, 1.165) is 42.9 Å². The summed E-state index contributed by atoms with van der Waals surface area (Å²) in [5.74, 6) is 2.13. The molecule has 4 heterocycles. The topological polar surface area (TPSA) is 22.3 Å². The second-order valence-electron chi connectivity index (χ2n) is 16.0. The van der Waals surface area contributed by atoms with E-state index < -0.39 is 0 Å². The van der Waals surface area contributed by atoms with Crippen molar-refractivity contribution in [3.05, 3.63) is 120 Å². The van der Waals surface area contributed by atoms with E-state index in [0.29, 0.717) is 17.9 Å². The molecule has 0 saturated carbocycles. The molecule has 1 aromatic heterocycles. The Kier molecular flexibility index (Phi) is 14.4. The van der Waals surface area contributed by atoms with Crippen LogP contribution >= 0.6 is 0 Å². The summed E-state index contributed by atoms with van der Waals surface area (Å²) in [6.07, 6.45) is 23.2. The number of fused-ring (bicyclic) bond motifs is 4. The van der Waals surface area contributed by atoms with Gasteiger partial charge in [-0.3, -0.25) is 0 Å². The standard InChI is InChI=1S/C48H66N2O2/c1-4-6-7-8-9-10-11-12-13-14-15-22-33-52-48(47-34-42-30-32-50(47,38-41(42)5-2)37-40-25-20-17-21-26-40)44-29-31-49(36-39-23-18-16-19-24-39)46-28-27-43(51-3)35-45(44)46/h5,16-21,23-29,31,35,41-42,47-48H,2,4,6-15,22,30,32-34,36-38H2,1,3H3/q+2/t41?,42-,47+,48+,50+/m0/s1. The molecule has 3 aromatic carbocycles. The van der Waals surface area contributed by atoms with Crippen LogP contribution in [0, 0.1) is 11.8 Å². The lowest BCUT2D eigenvalue weighted by molar-refractivity contribution is -0.985. The molecule has 3 aliphatic heterocycles. The predicted octanol–water partition coefficient (Wildman–Crippen LogP) is 11.6. The molecule has 4 nitrogen and oxygen atoms in total. The number of rotatable bonds is 22. The predicted molar refractivity (Wildman–Crippen MR) is 216 cm³/mol. The highest BCUT2D eigenvalue weighted by Gasteiger charge is 2.54.